The van der Waals surface area contributed by atoms with Gasteiger partial charge in [-0.2, -0.15) is 0 Å². The van der Waals surface area contributed by atoms with E-state index in [-0.39, 0.29) is 5.56 Å². The van der Waals surface area contributed by atoms with Crippen molar-refractivity contribution in [1.82, 2.24) is 14.3 Å². The van der Waals surface area contributed by atoms with Crippen molar-refractivity contribution in [2.45, 2.75) is 45.6 Å². The Kier molecular flexibility index (Phi) is 3.78. The minimum Gasteiger partial charge on any atom is -0.297 e. The molecular weight excluding hydrogens is 294 g/mol. The summed E-state index contributed by atoms with van der Waals surface area (Å²) in [6.07, 6.45) is 6.96. The van der Waals surface area contributed by atoms with Crippen LogP contribution in [0.2, 0.25) is 0 Å². The largest absolute Gasteiger partial charge is 0.297 e. The second kappa shape index (κ2) is 5.78. The van der Waals surface area contributed by atoms with Crippen molar-refractivity contribution in [3.63, 3.8) is 0 Å². The third-order valence-electron chi connectivity index (χ3n) is 5.39. The van der Waals surface area contributed by atoms with Crippen LogP contribution in [0.1, 0.15) is 43.5 Å². The van der Waals surface area contributed by atoms with Gasteiger partial charge in [0.25, 0.3) is 5.56 Å². The lowest BCUT2D eigenvalue weighted by atomic mass is 9.75. The molecule has 2 aliphatic rings. The number of aromatic nitrogens is 2. The van der Waals surface area contributed by atoms with E-state index in [1.165, 1.54) is 38.6 Å². The maximum Gasteiger partial charge on any atom is 0.259 e. The molecule has 22 heavy (non-hydrogen) atoms. The van der Waals surface area contributed by atoms with E-state index in [0.29, 0.717) is 0 Å². The maximum absolute atomic E-state index is 12.3. The zero-order valence-corrected chi connectivity index (χ0v) is 13.9. The molecule has 118 valence electrons. The molecule has 2 aromatic heterocycles. The first-order chi connectivity index (χ1) is 10.7. The minimum absolute atomic E-state index is 0.0614. The predicted octanol–water partition coefficient (Wildman–Crippen LogP) is 3.08. The van der Waals surface area contributed by atoms with Gasteiger partial charge in [-0.3, -0.25) is 14.1 Å². The second-order valence-corrected chi connectivity index (χ2v) is 7.75. The van der Waals surface area contributed by atoms with E-state index in [4.69, 9.17) is 4.98 Å². The highest BCUT2D eigenvalue weighted by molar-refractivity contribution is 7.15. The topological polar surface area (TPSA) is 37.6 Å². The summed E-state index contributed by atoms with van der Waals surface area (Å²) in [5.74, 6) is 1.82. The van der Waals surface area contributed by atoms with Gasteiger partial charge in [-0.25, -0.2) is 4.98 Å². The molecule has 0 amide bonds. The van der Waals surface area contributed by atoms with Crippen molar-refractivity contribution in [2.75, 3.05) is 13.1 Å². The van der Waals surface area contributed by atoms with E-state index in [1.54, 1.807) is 21.8 Å². The Labute approximate surface area is 134 Å². The van der Waals surface area contributed by atoms with Gasteiger partial charge in [0.05, 0.1) is 5.69 Å². The SMILES string of the molecule is Cc1csc2nc(CN3CCC4CCCCC4C3)cc(=O)n12. The van der Waals surface area contributed by atoms with Crippen LogP contribution in [0.5, 0.6) is 0 Å². The Hall–Kier alpha value is -1.20. The van der Waals surface area contributed by atoms with Crippen molar-refractivity contribution in [3.8, 4) is 0 Å². The van der Waals surface area contributed by atoms with Crippen LogP contribution in [0.3, 0.4) is 0 Å². The van der Waals surface area contributed by atoms with Gasteiger partial charge in [-0.05, 0) is 38.1 Å². The summed E-state index contributed by atoms with van der Waals surface area (Å²) in [7, 11) is 0. The summed E-state index contributed by atoms with van der Waals surface area (Å²) in [5, 5.41) is 2.00. The number of nitrogens with zero attached hydrogens (tertiary/aromatic N) is 3. The van der Waals surface area contributed by atoms with Crippen LogP contribution in [0.4, 0.5) is 0 Å². The van der Waals surface area contributed by atoms with Crippen LogP contribution in [0.25, 0.3) is 4.96 Å². The Morgan fingerprint density at radius 3 is 2.95 bits per heavy atom. The molecule has 4 rings (SSSR count). The van der Waals surface area contributed by atoms with Gasteiger partial charge in [0.15, 0.2) is 4.96 Å². The lowest BCUT2D eigenvalue weighted by Gasteiger charge is -2.41. The smallest absolute Gasteiger partial charge is 0.259 e. The van der Waals surface area contributed by atoms with Gasteiger partial charge in [0, 0.05) is 30.2 Å². The maximum atomic E-state index is 12.3. The van der Waals surface area contributed by atoms with Crippen LogP contribution in [0.15, 0.2) is 16.2 Å². The molecule has 2 fully saturated rings. The molecule has 1 aliphatic heterocycles. The minimum atomic E-state index is 0.0614. The van der Waals surface area contributed by atoms with Gasteiger partial charge in [0.1, 0.15) is 0 Å². The first kappa shape index (κ1) is 14.4. The summed E-state index contributed by atoms with van der Waals surface area (Å²) in [6, 6.07) is 1.72. The van der Waals surface area contributed by atoms with Crippen LogP contribution in [-0.4, -0.2) is 27.4 Å². The highest BCUT2D eigenvalue weighted by Crippen LogP contribution is 2.36. The fourth-order valence-corrected chi connectivity index (χ4v) is 5.12. The fraction of sp³-hybridized carbons (Fsp3) is 0.647. The summed E-state index contributed by atoms with van der Waals surface area (Å²) in [4.78, 5) is 20.3. The molecule has 0 radical (unpaired) electrons. The van der Waals surface area contributed by atoms with E-state index in [0.717, 1.165) is 41.3 Å². The van der Waals surface area contributed by atoms with E-state index in [2.05, 4.69) is 4.90 Å². The number of rotatable bonds is 2. The van der Waals surface area contributed by atoms with Crippen LogP contribution in [0, 0.1) is 18.8 Å². The van der Waals surface area contributed by atoms with E-state index in [9.17, 15) is 4.79 Å². The van der Waals surface area contributed by atoms with Crippen molar-refractivity contribution in [2.24, 2.45) is 11.8 Å². The van der Waals surface area contributed by atoms with E-state index >= 15 is 0 Å². The van der Waals surface area contributed by atoms with Gasteiger partial charge in [-0.1, -0.05) is 19.3 Å². The molecule has 0 aromatic carbocycles. The van der Waals surface area contributed by atoms with Crippen molar-refractivity contribution < 1.29 is 0 Å². The number of piperidine rings is 1. The highest BCUT2D eigenvalue weighted by atomic mass is 32.1. The molecule has 0 bridgehead atoms. The van der Waals surface area contributed by atoms with Crippen LogP contribution < -0.4 is 5.56 Å². The average molecular weight is 317 g/mol. The molecule has 1 saturated carbocycles. The molecule has 2 atom stereocenters. The molecule has 4 nitrogen and oxygen atoms in total. The lowest BCUT2D eigenvalue weighted by Crippen LogP contribution is -2.41. The normalized spacial score (nSPS) is 26.2. The first-order valence-electron chi connectivity index (χ1n) is 8.40. The summed E-state index contributed by atoms with van der Waals surface area (Å²) < 4.78 is 1.71. The second-order valence-electron chi connectivity index (χ2n) is 6.91. The highest BCUT2D eigenvalue weighted by Gasteiger charge is 2.31. The zero-order chi connectivity index (χ0) is 15.1. The monoisotopic (exact) mass is 317 g/mol. The van der Waals surface area contributed by atoms with Crippen molar-refractivity contribution in [3.05, 3.63) is 33.2 Å². The van der Waals surface area contributed by atoms with Gasteiger partial charge in [-0.15, -0.1) is 11.3 Å². The molecule has 5 heteroatoms. The Morgan fingerprint density at radius 1 is 1.27 bits per heavy atom. The fourth-order valence-electron chi connectivity index (χ4n) is 4.23. The van der Waals surface area contributed by atoms with Gasteiger partial charge >= 0.3 is 0 Å². The standard InChI is InChI=1S/C17H23N3OS/c1-12-11-22-17-18-15(8-16(21)20(12)17)10-19-7-6-13-4-2-3-5-14(13)9-19/h8,11,13-14H,2-7,9-10H2,1H3. The Morgan fingerprint density at radius 2 is 2.09 bits per heavy atom. The Bertz CT molecular complexity index is 735. The molecule has 1 saturated heterocycles. The molecular formula is C17H23N3OS. The van der Waals surface area contributed by atoms with Crippen molar-refractivity contribution >= 4 is 16.3 Å². The van der Waals surface area contributed by atoms with Crippen LogP contribution >= 0.6 is 11.3 Å². The third kappa shape index (κ3) is 2.61. The number of likely N-dealkylation sites (tertiary alicyclic amines) is 1. The predicted molar refractivity (Wildman–Crippen MR) is 89.4 cm³/mol. The first-order valence-corrected chi connectivity index (χ1v) is 9.28. The lowest BCUT2D eigenvalue weighted by molar-refractivity contribution is 0.0812. The van der Waals surface area contributed by atoms with Crippen LogP contribution in [-0.2, 0) is 6.54 Å². The molecule has 0 N–H and O–H groups in total. The number of hydrogen-bond acceptors (Lipinski definition) is 4. The number of thiazole rings is 1. The van der Waals surface area contributed by atoms with E-state index < -0.39 is 0 Å². The summed E-state index contributed by atoms with van der Waals surface area (Å²) in [5.41, 5.74) is 1.97. The average Bonchev–Trinajstić information content (AvgIpc) is 2.89. The molecule has 2 unspecified atom stereocenters. The van der Waals surface area contributed by atoms with Gasteiger partial charge in [0.2, 0.25) is 0 Å². The quantitative estimate of drug-likeness (QED) is 0.854. The molecule has 1 aliphatic carbocycles. The molecule has 2 aromatic rings. The summed E-state index contributed by atoms with van der Waals surface area (Å²) in [6.45, 7) is 5.13. The zero-order valence-electron chi connectivity index (χ0n) is 13.1. The van der Waals surface area contributed by atoms with Gasteiger partial charge < -0.3 is 0 Å². The third-order valence-corrected chi connectivity index (χ3v) is 6.33. The number of fused-ring (bicyclic) bond motifs is 2. The molecule has 3 heterocycles. The Balaban J connectivity index is 1.52. The number of hydrogen-bond donors (Lipinski definition) is 0. The molecule has 0 spiro atoms. The summed E-state index contributed by atoms with van der Waals surface area (Å²) >= 11 is 1.56. The van der Waals surface area contributed by atoms with Crippen molar-refractivity contribution in [1.29, 1.82) is 0 Å². The number of aryl methyl sites for hydroxylation is 1. The van der Waals surface area contributed by atoms with E-state index in [1.807, 2.05) is 12.3 Å².